The van der Waals surface area contributed by atoms with Crippen LogP contribution in [0.1, 0.15) is 31.3 Å². The van der Waals surface area contributed by atoms with Gasteiger partial charge in [0.15, 0.2) is 0 Å². The summed E-state index contributed by atoms with van der Waals surface area (Å²) < 4.78 is 15.4. The second-order valence-corrected chi connectivity index (χ2v) is 4.12. The molecular formula is C13H17FN4. The van der Waals surface area contributed by atoms with Crippen molar-refractivity contribution < 1.29 is 4.39 Å². The van der Waals surface area contributed by atoms with Gasteiger partial charge in [0.05, 0.1) is 6.54 Å². The topological polar surface area (TPSA) is 42.7 Å². The van der Waals surface area contributed by atoms with E-state index in [1.807, 2.05) is 24.6 Å². The van der Waals surface area contributed by atoms with Gasteiger partial charge in [0, 0.05) is 18.2 Å². The highest BCUT2D eigenvalue weighted by Crippen LogP contribution is 2.16. The van der Waals surface area contributed by atoms with Gasteiger partial charge >= 0.3 is 0 Å². The molecule has 1 N–H and O–H groups in total. The number of nitrogens with zero attached hydrogens (tertiary/aromatic N) is 3. The first-order chi connectivity index (χ1) is 8.72. The quantitative estimate of drug-likeness (QED) is 0.882. The van der Waals surface area contributed by atoms with Crippen LogP contribution >= 0.6 is 0 Å². The van der Waals surface area contributed by atoms with Gasteiger partial charge in [-0.1, -0.05) is 18.2 Å². The van der Waals surface area contributed by atoms with Gasteiger partial charge in [0.2, 0.25) is 0 Å². The molecule has 1 heterocycles. The molecule has 1 aromatic carbocycles. The molecule has 1 aromatic heterocycles. The number of hydrogen-bond donors (Lipinski definition) is 1. The van der Waals surface area contributed by atoms with E-state index in [4.69, 9.17) is 0 Å². The van der Waals surface area contributed by atoms with Crippen molar-refractivity contribution in [2.24, 2.45) is 0 Å². The Balaban J connectivity index is 2.01. The third kappa shape index (κ3) is 2.73. The summed E-state index contributed by atoms with van der Waals surface area (Å²) in [6.45, 7) is 5.30. The average Bonchev–Trinajstić information content (AvgIpc) is 2.84. The van der Waals surface area contributed by atoms with Crippen LogP contribution < -0.4 is 5.32 Å². The number of halogens is 1. The third-order valence-electron chi connectivity index (χ3n) is 2.93. The zero-order chi connectivity index (χ0) is 13.0. The number of rotatable bonds is 5. The van der Waals surface area contributed by atoms with Crippen LogP contribution in [0.5, 0.6) is 0 Å². The Morgan fingerprint density at radius 2 is 2.17 bits per heavy atom. The number of aryl methyl sites for hydroxylation is 1. The molecule has 0 aliphatic heterocycles. The lowest BCUT2D eigenvalue weighted by Gasteiger charge is -2.14. The standard InChI is InChI=1S/C13H17FN4/c1-3-18-13(16-9-17-18)8-15-10(2)11-6-4-5-7-12(11)14/h4-7,9-10,15H,3,8H2,1-2H3/t10-/m1/s1. The lowest BCUT2D eigenvalue weighted by Crippen LogP contribution is -2.21. The molecule has 96 valence electrons. The van der Waals surface area contributed by atoms with Crippen LogP contribution in [0, 0.1) is 5.82 Å². The maximum Gasteiger partial charge on any atom is 0.140 e. The van der Waals surface area contributed by atoms with Crippen molar-refractivity contribution in [2.75, 3.05) is 0 Å². The highest BCUT2D eigenvalue weighted by Gasteiger charge is 2.11. The molecule has 0 unspecified atom stereocenters. The molecule has 0 bridgehead atoms. The molecule has 0 spiro atoms. The number of nitrogens with one attached hydrogen (secondary N) is 1. The second-order valence-electron chi connectivity index (χ2n) is 4.12. The Labute approximate surface area is 106 Å². The summed E-state index contributed by atoms with van der Waals surface area (Å²) >= 11 is 0. The molecule has 0 fully saturated rings. The van der Waals surface area contributed by atoms with Crippen molar-refractivity contribution >= 4 is 0 Å². The Morgan fingerprint density at radius 3 is 2.89 bits per heavy atom. The molecular weight excluding hydrogens is 231 g/mol. The minimum absolute atomic E-state index is 0.0618. The van der Waals surface area contributed by atoms with E-state index in [-0.39, 0.29) is 11.9 Å². The molecule has 18 heavy (non-hydrogen) atoms. The first kappa shape index (κ1) is 12.7. The van der Waals surface area contributed by atoms with E-state index in [9.17, 15) is 4.39 Å². The van der Waals surface area contributed by atoms with Gasteiger partial charge in [-0.3, -0.25) is 0 Å². The van der Waals surface area contributed by atoms with E-state index in [0.29, 0.717) is 12.1 Å². The van der Waals surface area contributed by atoms with Gasteiger partial charge in [-0.2, -0.15) is 5.10 Å². The van der Waals surface area contributed by atoms with E-state index in [2.05, 4.69) is 15.4 Å². The monoisotopic (exact) mass is 248 g/mol. The summed E-state index contributed by atoms with van der Waals surface area (Å²) in [7, 11) is 0. The fourth-order valence-electron chi connectivity index (χ4n) is 1.87. The molecule has 4 nitrogen and oxygen atoms in total. The average molecular weight is 248 g/mol. The smallest absolute Gasteiger partial charge is 0.140 e. The van der Waals surface area contributed by atoms with Crippen LogP contribution in [-0.2, 0) is 13.1 Å². The molecule has 2 rings (SSSR count). The zero-order valence-corrected chi connectivity index (χ0v) is 10.6. The lowest BCUT2D eigenvalue weighted by atomic mass is 10.1. The van der Waals surface area contributed by atoms with Gasteiger partial charge in [-0.05, 0) is 19.9 Å². The van der Waals surface area contributed by atoms with Gasteiger partial charge < -0.3 is 5.32 Å². The predicted molar refractivity (Wildman–Crippen MR) is 67.4 cm³/mol. The summed E-state index contributed by atoms with van der Waals surface area (Å²) in [5.41, 5.74) is 0.667. The van der Waals surface area contributed by atoms with Crippen LogP contribution in [0.15, 0.2) is 30.6 Å². The number of hydrogen-bond acceptors (Lipinski definition) is 3. The molecule has 0 radical (unpaired) electrons. The Kier molecular flexibility index (Phi) is 4.04. The van der Waals surface area contributed by atoms with Crippen LogP contribution in [0.2, 0.25) is 0 Å². The van der Waals surface area contributed by atoms with Crippen molar-refractivity contribution in [3.8, 4) is 0 Å². The zero-order valence-electron chi connectivity index (χ0n) is 10.6. The summed E-state index contributed by atoms with van der Waals surface area (Å²) in [5.74, 6) is 0.676. The molecule has 0 saturated carbocycles. The van der Waals surface area contributed by atoms with Gasteiger partial charge in [0.25, 0.3) is 0 Å². The van der Waals surface area contributed by atoms with Crippen molar-refractivity contribution in [2.45, 2.75) is 33.0 Å². The van der Waals surface area contributed by atoms with Crippen LogP contribution in [0.3, 0.4) is 0 Å². The Hall–Kier alpha value is -1.75. The SMILES string of the molecule is CCn1ncnc1CN[C@H](C)c1ccccc1F. The highest BCUT2D eigenvalue weighted by molar-refractivity contribution is 5.20. The van der Waals surface area contributed by atoms with Crippen molar-refractivity contribution in [3.05, 3.63) is 47.8 Å². The molecule has 5 heteroatoms. The van der Waals surface area contributed by atoms with Crippen LogP contribution in [0.4, 0.5) is 4.39 Å². The van der Waals surface area contributed by atoms with Crippen molar-refractivity contribution in [3.63, 3.8) is 0 Å². The van der Waals surface area contributed by atoms with Gasteiger partial charge in [0.1, 0.15) is 18.0 Å². The maximum absolute atomic E-state index is 13.6. The summed E-state index contributed by atoms with van der Waals surface area (Å²) in [4.78, 5) is 4.17. The van der Waals surface area contributed by atoms with Gasteiger partial charge in [-0.15, -0.1) is 0 Å². The molecule has 1 atom stereocenters. The fourth-order valence-corrected chi connectivity index (χ4v) is 1.87. The Bertz CT molecular complexity index is 509. The summed E-state index contributed by atoms with van der Waals surface area (Å²) in [5, 5.41) is 7.35. The predicted octanol–water partition coefficient (Wildman–Crippen LogP) is 2.29. The fraction of sp³-hybridized carbons (Fsp3) is 0.385. The first-order valence-electron chi connectivity index (χ1n) is 6.07. The minimum Gasteiger partial charge on any atom is -0.303 e. The number of aromatic nitrogens is 3. The largest absolute Gasteiger partial charge is 0.303 e. The van der Waals surface area contributed by atoms with E-state index < -0.39 is 0 Å². The molecule has 2 aromatic rings. The number of benzene rings is 1. The minimum atomic E-state index is -0.186. The molecule has 0 aliphatic carbocycles. The first-order valence-corrected chi connectivity index (χ1v) is 6.07. The highest BCUT2D eigenvalue weighted by atomic mass is 19.1. The van der Waals surface area contributed by atoms with E-state index >= 15 is 0 Å². The molecule has 0 amide bonds. The third-order valence-corrected chi connectivity index (χ3v) is 2.93. The van der Waals surface area contributed by atoms with Crippen molar-refractivity contribution in [1.82, 2.24) is 20.1 Å². The summed E-state index contributed by atoms with van der Waals surface area (Å²) in [6, 6.07) is 6.73. The maximum atomic E-state index is 13.6. The van der Waals surface area contributed by atoms with Crippen LogP contribution in [-0.4, -0.2) is 14.8 Å². The van der Waals surface area contributed by atoms with Crippen LogP contribution in [0.25, 0.3) is 0 Å². The normalized spacial score (nSPS) is 12.6. The molecule has 0 saturated heterocycles. The van der Waals surface area contributed by atoms with Gasteiger partial charge in [-0.25, -0.2) is 14.1 Å². The lowest BCUT2D eigenvalue weighted by molar-refractivity contribution is 0.501. The molecule has 0 aliphatic rings. The van der Waals surface area contributed by atoms with E-state index in [0.717, 1.165) is 12.4 Å². The second kappa shape index (κ2) is 5.73. The van der Waals surface area contributed by atoms with E-state index in [1.165, 1.54) is 12.4 Å². The summed E-state index contributed by atoms with van der Waals surface area (Å²) in [6.07, 6.45) is 1.54. The Morgan fingerprint density at radius 1 is 1.39 bits per heavy atom. The van der Waals surface area contributed by atoms with Crippen molar-refractivity contribution in [1.29, 1.82) is 0 Å². The van der Waals surface area contributed by atoms with E-state index in [1.54, 1.807) is 12.1 Å².